The number of phenols is 1. The first-order valence-electron chi connectivity index (χ1n) is 4.33. The van der Waals surface area contributed by atoms with Gasteiger partial charge in [0.1, 0.15) is 12.4 Å². The maximum Gasteiger partial charge on any atom is 0.405 e. The van der Waals surface area contributed by atoms with Crippen LogP contribution in [0.2, 0.25) is 0 Å². The van der Waals surface area contributed by atoms with Crippen molar-refractivity contribution >= 4 is 11.6 Å². The minimum Gasteiger partial charge on any atom is -0.505 e. The predicted octanol–water partition coefficient (Wildman–Crippen LogP) is 1.41. The molecule has 4 N–H and O–H groups in total. The third kappa shape index (κ3) is 3.51. The summed E-state index contributed by atoms with van der Waals surface area (Å²) in [6, 6.07) is 1.34. The van der Waals surface area contributed by atoms with Crippen molar-refractivity contribution in [1.29, 1.82) is 0 Å². The van der Waals surface area contributed by atoms with Crippen molar-refractivity contribution in [2.75, 3.05) is 12.3 Å². The zero-order valence-electron chi connectivity index (χ0n) is 8.31. The lowest BCUT2D eigenvalue weighted by molar-refractivity contribution is -0.123. The topological polar surface area (TPSA) is 75.4 Å². The number of alkyl halides is 3. The van der Waals surface area contributed by atoms with E-state index in [1.54, 1.807) is 0 Å². The van der Waals surface area contributed by atoms with E-state index in [0.717, 1.165) is 6.07 Å². The third-order valence-corrected chi connectivity index (χ3v) is 1.80. The van der Waals surface area contributed by atoms with Crippen LogP contribution in [-0.2, 0) is 0 Å². The molecule has 1 rings (SSSR count). The van der Waals surface area contributed by atoms with Crippen LogP contribution in [0.5, 0.6) is 5.75 Å². The molecule has 94 valence electrons. The first kappa shape index (κ1) is 13.1. The molecule has 8 heteroatoms. The van der Waals surface area contributed by atoms with Gasteiger partial charge in [0, 0.05) is 6.07 Å². The second-order valence-electron chi connectivity index (χ2n) is 3.19. The monoisotopic (exact) mass is 252 g/mol. The number of hydrogen-bond donors (Lipinski definition) is 3. The molecular weight excluding hydrogens is 244 g/mol. The van der Waals surface area contributed by atoms with Crippen molar-refractivity contribution in [3.63, 3.8) is 0 Å². The summed E-state index contributed by atoms with van der Waals surface area (Å²) in [4.78, 5) is 11.2. The first-order chi connectivity index (χ1) is 7.70. The van der Waals surface area contributed by atoms with Crippen LogP contribution in [0.25, 0.3) is 0 Å². The van der Waals surface area contributed by atoms with Gasteiger partial charge in [-0.05, 0) is 6.07 Å². The summed E-state index contributed by atoms with van der Waals surface area (Å²) in [5.74, 6) is -2.95. The van der Waals surface area contributed by atoms with E-state index in [1.165, 1.54) is 5.32 Å². The van der Waals surface area contributed by atoms with Crippen molar-refractivity contribution in [1.82, 2.24) is 5.32 Å². The Bertz CT molecular complexity index is 445. The largest absolute Gasteiger partial charge is 0.505 e. The molecular formula is C9H8F4N2O2. The Balaban J connectivity index is 2.90. The quantitative estimate of drug-likeness (QED) is 0.423. The second-order valence-corrected chi connectivity index (χ2v) is 3.19. The van der Waals surface area contributed by atoms with Crippen molar-refractivity contribution in [3.05, 3.63) is 23.5 Å². The van der Waals surface area contributed by atoms with E-state index in [4.69, 9.17) is 5.73 Å². The summed E-state index contributed by atoms with van der Waals surface area (Å²) >= 11 is 0. The van der Waals surface area contributed by atoms with E-state index in [0.29, 0.717) is 6.07 Å². The lowest BCUT2D eigenvalue weighted by Gasteiger charge is -2.10. The van der Waals surface area contributed by atoms with Gasteiger partial charge < -0.3 is 16.2 Å². The maximum absolute atomic E-state index is 12.8. The van der Waals surface area contributed by atoms with Crippen molar-refractivity contribution in [2.24, 2.45) is 0 Å². The highest BCUT2D eigenvalue weighted by Gasteiger charge is 2.28. The average Bonchev–Trinajstić information content (AvgIpc) is 2.19. The summed E-state index contributed by atoms with van der Waals surface area (Å²) in [5, 5.41) is 10.8. The van der Waals surface area contributed by atoms with Crippen LogP contribution in [0.15, 0.2) is 12.1 Å². The fourth-order valence-electron chi connectivity index (χ4n) is 1.07. The molecule has 1 aromatic carbocycles. The van der Waals surface area contributed by atoms with Crippen molar-refractivity contribution in [3.8, 4) is 5.75 Å². The number of benzene rings is 1. The normalized spacial score (nSPS) is 11.3. The molecule has 1 amide bonds. The lowest BCUT2D eigenvalue weighted by Crippen LogP contribution is -2.33. The van der Waals surface area contributed by atoms with Crippen LogP contribution in [0.4, 0.5) is 23.2 Å². The molecule has 0 radical (unpaired) electrons. The van der Waals surface area contributed by atoms with E-state index in [-0.39, 0.29) is 0 Å². The number of aromatic hydroxyl groups is 1. The van der Waals surface area contributed by atoms with Crippen LogP contribution in [-0.4, -0.2) is 23.7 Å². The van der Waals surface area contributed by atoms with Gasteiger partial charge in [-0.2, -0.15) is 13.2 Å². The molecule has 0 fully saturated rings. The number of halogens is 4. The van der Waals surface area contributed by atoms with Gasteiger partial charge in [0.05, 0.1) is 11.3 Å². The molecule has 0 aliphatic carbocycles. The highest BCUT2D eigenvalue weighted by Crippen LogP contribution is 2.26. The molecule has 0 spiro atoms. The molecule has 0 saturated heterocycles. The number of carbonyl (C=O) groups excluding carboxylic acids is 1. The standard InChI is InChI=1S/C9H8F4N2O2/c10-4-1-5(7(16)6(14)2-4)8(17)15-3-9(11,12)13/h1-2,16H,3,14H2,(H,15,17). The highest BCUT2D eigenvalue weighted by atomic mass is 19.4. The molecule has 1 aromatic rings. The number of hydrogen-bond acceptors (Lipinski definition) is 3. The summed E-state index contributed by atoms with van der Waals surface area (Å²) in [5.41, 5.74) is 4.07. The SMILES string of the molecule is Nc1cc(F)cc(C(=O)NCC(F)(F)F)c1O. The van der Waals surface area contributed by atoms with Gasteiger partial charge in [-0.3, -0.25) is 4.79 Å². The molecule has 0 aliphatic rings. The average molecular weight is 252 g/mol. The predicted molar refractivity (Wildman–Crippen MR) is 50.9 cm³/mol. The van der Waals surface area contributed by atoms with Gasteiger partial charge in [-0.1, -0.05) is 0 Å². The number of phenolic OH excluding ortho intramolecular Hbond substituents is 1. The Labute approximate surface area is 93.0 Å². The summed E-state index contributed by atoms with van der Waals surface area (Å²) < 4.78 is 48.3. The Morgan fingerprint density at radius 2 is 2.00 bits per heavy atom. The first-order valence-corrected chi connectivity index (χ1v) is 4.33. The Hall–Kier alpha value is -1.99. The third-order valence-electron chi connectivity index (χ3n) is 1.80. The van der Waals surface area contributed by atoms with Gasteiger partial charge in [-0.25, -0.2) is 4.39 Å². The van der Waals surface area contributed by atoms with E-state index in [1.807, 2.05) is 0 Å². The number of anilines is 1. The number of nitrogens with one attached hydrogen (secondary N) is 1. The fourth-order valence-corrected chi connectivity index (χ4v) is 1.07. The van der Waals surface area contributed by atoms with E-state index in [9.17, 15) is 27.5 Å². The molecule has 0 heterocycles. The van der Waals surface area contributed by atoms with E-state index < -0.39 is 41.4 Å². The summed E-state index contributed by atoms with van der Waals surface area (Å²) in [6.07, 6.45) is -4.59. The van der Waals surface area contributed by atoms with Gasteiger partial charge in [0.15, 0.2) is 5.75 Å². The van der Waals surface area contributed by atoms with Gasteiger partial charge >= 0.3 is 6.18 Å². The molecule has 0 bridgehead atoms. The van der Waals surface area contributed by atoms with Crippen LogP contribution in [0.3, 0.4) is 0 Å². The second kappa shape index (κ2) is 4.48. The number of carbonyl (C=O) groups is 1. The fraction of sp³-hybridized carbons (Fsp3) is 0.222. The molecule has 0 atom stereocenters. The molecule has 0 saturated carbocycles. The Kier molecular flexibility index (Phi) is 3.45. The Morgan fingerprint density at radius 1 is 1.41 bits per heavy atom. The minimum atomic E-state index is -4.59. The van der Waals surface area contributed by atoms with Crippen LogP contribution in [0.1, 0.15) is 10.4 Å². The number of rotatable bonds is 2. The summed E-state index contributed by atoms with van der Waals surface area (Å²) in [7, 11) is 0. The van der Waals surface area contributed by atoms with E-state index in [2.05, 4.69) is 0 Å². The molecule has 0 aliphatic heterocycles. The van der Waals surface area contributed by atoms with E-state index >= 15 is 0 Å². The smallest absolute Gasteiger partial charge is 0.405 e. The van der Waals surface area contributed by atoms with Gasteiger partial charge in [0.2, 0.25) is 0 Å². The molecule has 0 unspecified atom stereocenters. The lowest BCUT2D eigenvalue weighted by atomic mass is 10.1. The maximum atomic E-state index is 12.8. The highest BCUT2D eigenvalue weighted by molar-refractivity contribution is 5.98. The molecule has 4 nitrogen and oxygen atoms in total. The van der Waals surface area contributed by atoms with Crippen LogP contribution in [0, 0.1) is 5.82 Å². The zero-order valence-corrected chi connectivity index (χ0v) is 8.31. The molecule has 17 heavy (non-hydrogen) atoms. The number of nitrogen functional groups attached to an aromatic ring is 1. The van der Waals surface area contributed by atoms with Crippen LogP contribution >= 0.6 is 0 Å². The minimum absolute atomic E-state index is 0.429. The number of nitrogens with two attached hydrogens (primary N) is 1. The van der Waals surface area contributed by atoms with Crippen LogP contribution < -0.4 is 11.1 Å². The van der Waals surface area contributed by atoms with Crippen molar-refractivity contribution in [2.45, 2.75) is 6.18 Å². The Morgan fingerprint density at radius 3 is 2.53 bits per heavy atom. The van der Waals surface area contributed by atoms with Gasteiger partial charge in [-0.15, -0.1) is 0 Å². The number of amides is 1. The van der Waals surface area contributed by atoms with Gasteiger partial charge in [0.25, 0.3) is 5.91 Å². The summed E-state index contributed by atoms with van der Waals surface area (Å²) in [6.45, 7) is -1.58. The van der Waals surface area contributed by atoms with Crippen molar-refractivity contribution < 1.29 is 27.5 Å². The molecule has 0 aromatic heterocycles. The zero-order chi connectivity index (χ0) is 13.2.